The summed E-state index contributed by atoms with van der Waals surface area (Å²) >= 11 is -0.237. The van der Waals surface area contributed by atoms with Crippen LogP contribution in [0.4, 0.5) is 18.9 Å². The maximum Gasteiger partial charge on any atom is 0.446 e. The second-order valence-electron chi connectivity index (χ2n) is 3.84. The normalized spacial score (nSPS) is 11.4. The van der Waals surface area contributed by atoms with Crippen LogP contribution in [0, 0.1) is 0 Å². The van der Waals surface area contributed by atoms with Gasteiger partial charge in [-0.25, -0.2) is 0 Å². The fourth-order valence-corrected chi connectivity index (χ4v) is 2.05. The van der Waals surface area contributed by atoms with E-state index in [9.17, 15) is 18.0 Å². The summed E-state index contributed by atoms with van der Waals surface area (Å²) < 4.78 is 37.0. The number of halogens is 3. The number of nitrogens with one attached hydrogen (secondary N) is 1. The molecule has 1 amide bonds. The lowest BCUT2D eigenvalue weighted by atomic mass is 10.2. The van der Waals surface area contributed by atoms with Crippen molar-refractivity contribution in [3.63, 3.8) is 0 Å². The summed E-state index contributed by atoms with van der Waals surface area (Å²) in [4.78, 5) is 11.6. The van der Waals surface area contributed by atoms with Gasteiger partial charge in [0.25, 0.3) is 0 Å². The molecule has 0 bridgehead atoms. The Morgan fingerprint density at radius 1 is 1.26 bits per heavy atom. The summed E-state index contributed by atoms with van der Waals surface area (Å²) in [6.07, 6.45) is 1.59. The first-order valence-corrected chi connectivity index (χ1v) is 6.58. The Morgan fingerprint density at radius 2 is 1.95 bits per heavy atom. The summed E-state index contributed by atoms with van der Waals surface area (Å²) in [6.45, 7) is 0.494. The Labute approximate surface area is 113 Å². The van der Waals surface area contributed by atoms with Crippen LogP contribution >= 0.6 is 11.8 Å². The first-order chi connectivity index (χ1) is 8.92. The number of amides is 1. The highest BCUT2D eigenvalue weighted by molar-refractivity contribution is 8.00. The Morgan fingerprint density at radius 3 is 2.58 bits per heavy atom. The lowest BCUT2D eigenvalue weighted by Gasteiger charge is -2.12. The second-order valence-corrected chi connectivity index (χ2v) is 4.94. The first-order valence-electron chi connectivity index (χ1n) is 5.77. The Balaban J connectivity index is 2.64. The van der Waals surface area contributed by atoms with Crippen LogP contribution in [-0.2, 0) is 4.79 Å². The molecule has 0 atom stereocenters. The second kappa shape index (κ2) is 7.40. The maximum atomic E-state index is 12.3. The molecule has 0 aliphatic carbocycles. The van der Waals surface area contributed by atoms with Crippen molar-refractivity contribution in [1.82, 2.24) is 0 Å². The van der Waals surface area contributed by atoms with Gasteiger partial charge in [0.05, 0.1) is 5.69 Å². The minimum Gasteiger partial charge on any atom is -0.330 e. The molecule has 0 aliphatic heterocycles. The highest BCUT2D eigenvalue weighted by Gasteiger charge is 2.30. The number of nitrogens with two attached hydrogens (primary N) is 1. The number of hydrogen-bond acceptors (Lipinski definition) is 3. The number of carbonyl (C=O) groups is 1. The third-order valence-corrected chi connectivity index (χ3v) is 3.05. The summed E-state index contributed by atoms with van der Waals surface area (Å²) in [5.74, 6) is -0.302. The van der Waals surface area contributed by atoms with Crippen molar-refractivity contribution < 1.29 is 18.0 Å². The summed E-state index contributed by atoms with van der Waals surface area (Å²) in [5, 5.41) is 2.49. The highest BCUT2D eigenvalue weighted by atomic mass is 32.2. The lowest BCUT2D eigenvalue weighted by molar-refractivity contribution is -0.116. The van der Waals surface area contributed by atoms with Crippen molar-refractivity contribution in [3.05, 3.63) is 24.3 Å². The largest absolute Gasteiger partial charge is 0.446 e. The fraction of sp³-hybridized carbons (Fsp3) is 0.417. The number of unbranched alkanes of at least 4 members (excludes halogenated alkanes) is 1. The predicted molar refractivity (Wildman–Crippen MR) is 69.9 cm³/mol. The van der Waals surface area contributed by atoms with E-state index in [1.54, 1.807) is 6.07 Å². The van der Waals surface area contributed by atoms with Gasteiger partial charge in [-0.2, -0.15) is 13.2 Å². The van der Waals surface area contributed by atoms with E-state index in [-0.39, 0.29) is 34.7 Å². The van der Waals surface area contributed by atoms with Crippen molar-refractivity contribution in [3.8, 4) is 0 Å². The molecule has 0 aliphatic rings. The minimum absolute atomic E-state index is 0.0119. The van der Waals surface area contributed by atoms with Gasteiger partial charge >= 0.3 is 5.51 Å². The molecule has 3 N–H and O–H groups in total. The lowest BCUT2D eigenvalue weighted by Crippen LogP contribution is -2.13. The molecule has 1 rings (SSSR count). The molecule has 1 aromatic rings. The van der Waals surface area contributed by atoms with Gasteiger partial charge in [0.15, 0.2) is 0 Å². The molecular weight excluding hydrogens is 277 g/mol. The average Bonchev–Trinajstić information content (AvgIpc) is 2.30. The van der Waals surface area contributed by atoms with E-state index < -0.39 is 5.51 Å². The molecule has 0 saturated carbocycles. The standard InChI is InChI=1S/C12H15F3N2OS/c13-12(14,15)19-10-6-2-1-5-9(10)17-11(18)7-3-4-8-16/h1-2,5-6H,3-4,7-8,16H2,(H,17,18). The van der Waals surface area contributed by atoms with Crippen molar-refractivity contribution in [1.29, 1.82) is 0 Å². The SMILES string of the molecule is NCCCCC(=O)Nc1ccccc1SC(F)(F)F. The number of thioether (sulfide) groups is 1. The number of para-hydroxylation sites is 1. The number of rotatable bonds is 6. The summed E-state index contributed by atoms with van der Waals surface area (Å²) in [7, 11) is 0. The van der Waals surface area contributed by atoms with Gasteiger partial charge in [0, 0.05) is 11.3 Å². The monoisotopic (exact) mass is 292 g/mol. The molecule has 19 heavy (non-hydrogen) atoms. The Kier molecular flexibility index (Phi) is 6.17. The molecule has 1 aromatic carbocycles. The Hall–Kier alpha value is -1.21. The number of carbonyl (C=O) groups excluding carboxylic acids is 1. The van der Waals surface area contributed by atoms with Crippen LogP contribution in [0.5, 0.6) is 0 Å². The Bertz CT molecular complexity index is 424. The van der Waals surface area contributed by atoms with Gasteiger partial charge in [-0.3, -0.25) is 4.79 Å². The van der Waals surface area contributed by atoms with E-state index in [0.717, 1.165) is 0 Å². The van der Waals surface area contributed by atoms with Gasteiger partial charge in [0.1, 0.15) is 0 Å². The van der Waals surface area contributed by atoms with Crippen LogP contribution in [0.15, 0.2) is 29.2 Å². The molecule has 0 unspecified atom stereocenters. The number of anilines is 1. The van der Waals surface area contributed by atoms with Crippen molar-refractivity contribution in [2.75, 3.05) is 11.9 Å². The van der Waals surface area contributed by atoms with Crippen LogP contribution in [-0.4, -0.2) is 18.0 Å². The zero-order chi connectivity index (χ0) is 14.3. The molecule has 0 aromatic heterocycles. The zero-order valence-corrected chi connectivity index (χ0v) is 11.0. The van der Waals surface area contributed by atoms with Crippen LogP contribution in [0.1, 0.15) is 19.3 Å². The fourth-order valence-electron chi connectivity index (χ4n) is 1.43. The number of hydrogen-bond donors (Lipinski definition) is 2. The quantitative estimate of drug-likeness (QED) is 0.624. The van der Waals surface area contributed by atoms with E-state index >= 15 is 0 Å². The van der Waals surface area contributed by atoms with Gasteiger partial charge in [-0.1, -0.05) is 12.1 Å². The van der Waals surface area contributed by atoms with Crippen molar-refractivity contribution in [2.45, 2.75) is 29.7 Å². The topological polar surface area (TPSA) is 55.1 Å². The van der Waals surface area contributed by atoms with E-state index in [1.807, 2.05) is 0 Å². The van der Waals surface area contributed by atoms with Crippen LogP contribution < -0.4 is 11.1 Å². The zero-order valence-electron chi connectivity index (χ0n) is 10.2. The molecule has 7 heteroatoms. The highest BCUT2D eigenvalue weighted by Crippen LogP contribution is 2.40. The van der Waals surface area contributed by atoms with Crippen LogP contribution in [0.3, 0.4) is 0 Å². The third kappa shape index (κ3) is 6.49. The first kappa shape index (κ1) is 15.8. The predicted octanol–water partition coefficient (Wildman–Crippen LogP) is 3.37. The van der Waals surface area contributed by atoms with Crippen molar-refractivity contribution >= 4 is 23.4 Å². The summed E-state index contributed by atoms with van der Waals surface area (Å²) in [6, 6.07) is 5.86. The maximum absolute atomic E-state index is 12.3. The van der Waals surface area contributed by atoms with E-state index in [0.29, 0.717) is 19.4 Å². The molecule has 0 radical (unpaired) electrons. The summed E-state index contributed by atoms with van der Waals surface area (Å²) in [5.41, 5.74) is 1.11. The number of alkyl halides is 3. The van der Waals surface area contributed by atoms with Crippen molar-refractivity contribution in [2.24, 2.45) is 5.73 Å². The molecule has 0 saturated heterocycles. The molecule has 0 spiro atoms. The average molecular weight is 292 g/mol. The minimum atomic E-state index is -4.37. The van der Waals surface area contributed by atoms with Gasteiger partial charge in [0.2, 0.25) is 5.91 Å². The molecule has 3 nitrogen and oxygen atoms in total. The smallest absolute Gasteiger partial charge is 0.330 e. The molecule has 0 fully saturated rings. The van der Waals surface area contributed by atoms with E-state index in [4.69, 9.17) is 5.73 Å². The van der Waals surface area contributed by atoms with Gasteiger partial charge in [-0.15, -0.1) is 0 Å². The van der Waals surface area contributed by atoms with Crippen LogP contribution in [0.2, 0.25) is 0 Å². The van der Waals surface area contributed by atoms with E-state index in [2.05, 4.69) is 5.32 Å². The molecule has 106 valence electrons. The molecule has 0 heterocycles. The molecular formula is C12H15F3N2OS. The van der Waals surface area contributed by atoms with Crippen LogP contribution in [0.25, 0.3) is 0 Å². The van der Waals surface area contributed by atoms with Gasteiger partial charge in [-0.05, 0) is 43.3 Å². The number of benzene rings is 1. The third-order valence-electron chi connectivity index (χ3n) is 2.24. The van der Waals surface area contributed by atoms with E-state index in [1.165, 1.54) is 18.2 Å². The van der Waals surface area contributed by atoms with Gasteiger partial charge < -0.3 is 11.1 Å².